The van der Waals surface area contributed by atoms with Crippen molar-refractivity contribution in [3.63, 3.8) is 0 Å². The number of piperidine rings is 3. The van der Waals surface area contributed by atoms with Crippen LogP contribution in [0.15, 0.2) is 30.3 Å². The maximum absolute atomic E-state index is 12.8. The van der Waals surface area contributed by atoms with E-state index < -0.39 is 5.41 Å². The molecule has 4 rings (SSSR count). The summed E-state index contributed by atoms with van der Waals surface area (Å²) >= 11 is 0. The van der Waals surface area contributed by atoms with Gasteiger partial charge in [-0.25, -0.2) is 0 Å². The number of carbonyl (C=O) groups is 1. The fourth-order valence-electron chi connectivity index (χ4n) is 3.78. The summed E-state index contributed by atoms with van der Waals surface area (Å²) < 4.78 is 5.91. The van der Waals surface area contributed by atoms with Gasteiger partial charge < -0.3 is 9.84 Å². The van der Waals surface area contributed by atoms with E-state index in [4.69, 9.17) is 4.74 Å². The van der Waals surface area contributed by atoms with Gasteiger partial charge in [-0.1, -0.05) is 30.3 Å². The van der Waals surface area contributed by atoms with Crippen LogP contribution >= 0.6 is 0 Å². The van der Waals surface area contributed by atoms with Gasteiger partial charge in [0, 0.05) is 6.04 Å². The van der Waals surface area contributed by atoms with Crippen LogP contribution in [0, 0.1) is 5.92 Å². The highest BCUT2D eigenvalue weighted by Crippen LogP contribution is 2.36. The average molecular weight is 303 g/mol. The Labute approximate surface area is 132 Å². The quantitative estimate of drug-likeness (QED) is 0.864. The fraction of sp³-hybridized carbons (Fsp3) is 0.611. The lowest BCUT2D eigenvalue weighted by atomic mass is 9.80. The van der Waals surface area contributed by atoms with Crippen LogP contribution in [-0.4, -0.2) is 47.8 Å². The monoisotopic (exact) mass is 303 g/mol. The zero-order chi connectivity index (χ0) is 15.7. The normalized spacial score (nSPS) is 33.2. The van der Waals surface area contributed by atoms with Crippen molar-refractivity contribution in [1.29, 1.82) is 0 Å². The Bertz CT molecular complexity index is 522. The molecule has 1 N–H and O–H groups in total. The molecule has 2 bridgehead atoms. The van der Waals surface area contributed by atoms with Gasteiger partial charge in [0.1, 0.15) is 11.5 Å². The van der Waals surface area contributed by atoms with Gasteiger partial charge in [0.25, 0.3) is 0 Å². The SMILES string of the molecule is CC1C(OC(=O)C(C)(CO)c2ccccc2)C2CCN1CC2. The highest BCUT2D eigenvalue weighted by atomic mass is 16.5. The predicted octanol–water partition coefficient (Wildman–Crippen LogP) is 1.96. The number of carbonyl (C=O) groups excluding carboxylic acids is 1. The molecule has 0 saturated carbocycles. The summed E-state index contributed by atoms with van der Waals surface area (Å²) in [6, 6.07) is 9.69. The minimum Gasteiger partial charge on any atom is -0.460 e. The molecular formula is C18H25NO3. The van der Waals surface area contributed by atoms with E-state index in [0.29, 0.717) is 5.92 Å². The Morgan fingerprint density at radius 2 is 1.95 bits per heavy atom. The molecule has 3 unspecified atom stereocenters. The fourth-order valence-corrected chi connectivity index (χ4v) is 3.78. The first kappa shape index (κ1) is 15.5. The molecule has 4 nitrogen and oxygen atoms in total. The van der Waals surface area contributed by atoms with Gasteiger partial charge in [-0.3, -0.25) is 9.69 Å². The zero-order valence-corrected chi connectivity index (χ0v) is 13.4. The van der Waals surface area contributed by atoms with E-state index in [2.05, 4.69) is 11.8 Å². The maximum Gasteiger partial charge on any atom is 0.318 e. The lowest BCUT2D eigenvalue weighted by molar-refractivity contribution is -0.172. The van der Waals surface area contributed by atoms with Gasteiger partial charge in [-0.2, -0.15) is 0 Å². The first-order chi connectivity index (χ1) is 10.6. The van der Waals surface area contributed by atoms with Gasteiger partial charge in [-0.15, -0.1) is 0 Å². The van der Waals surface area contributed by atoms with Gasteiger partial charge in [0.15, 0.2) is 0 Å². The standard InChI is InChI=1S/C18H25NO3/c1-13-16(14-8-10-19(13)11-9-14)22-17(21)18(2,12-20)15-6-4-3-5-7-15/h3-7,13-14,16,20H,8-12H2,1-2H3. The third-order valence-electron chi connectivity index (χ3n) is 5.51. The van der Waals surface area contributed by atoms with Crippen molar-refractivity contribution >= 4 is 5.97 Å². The third-order valence-corrected chi connectivity index (χ3v) is 5.51. The molecule has 0 aromatic heterocycles. The second-order valence-corrected chi connectivity index (χ2v) is 6.84. The second-order valence-electron chi connectivity index (χ2n) is 6.84. The molecule has 1 aromatic carbocycles. The van der Waals surface area contributed by atoms with E-state index in [-0.39, 0.29) is 24.7 Å². The van der Waals surface area contributed by atoms with Crippen molar-refractivity contribution < 1.29 is 14.6 Å². The minimum atomic E-state index is -0.993. The molecule has 1 aromatic rings. The Morgan fingerprint density at radius 1 is 1.32 bits per heavy atom. The third kappa shape index (κ3) is 2.55. The Balaban J connectivity index is 1.78. The Hall–Kier alpha value is -1.39. The van der Waals surface area contributed by atoms with Gasteiger partial charge in [-0.05, 0) is 51.3 Å². The molecule has 3 fully saturated rings. The molecule has 3 atom stereocenters. The molecule has 3 heterocycles. The van der Waals surface area contributed by atoms with Crippen LogP contribution in [0.2, 0.25) is 0 Å². The summed E-state index contributed by atoms with van der Waals surface area (Å²) in [5.74, 6) is 0.148. The van der Waals surface area contributed by atoms with Gasteiger partial charge in [0.05, 0.1) is 6.61 Å². The largest absolute Gasteiger partial charge is 0.460 e. The van der Waals surface area contributed by atoms with E-state index >= 15 is 0 Å². The van der Waals surface area contributed by atoms with Gasteiger partial charge >= 0.3 is 5.97 Å². The molecule has 0 amide bonds. The number of esters is 1. The molecule has 0 radical (unpaired) electrons. The number of fused-ring (bicyclic) bond motifs is 3. The van der Waals surface area contributed by atoms with Crippen molar-refractivity contribution in [3.8, 4) is 0 Å². The summed E-state index contributed by atoms with van der Waals surface area (Å²) in [6.07, 6.45) is 2.15. The van der Waals surface area contributed by atoms with Crippen LogP contribution in [0.4, 0.5) is 0 Å². The number of ether oxygens (including phenoxy) is 1. The first-order valence-corrected chi connectivity index (χ1v) is 8.18. The topological polar surface area (TPSA) is 49.8 Å². The van der Waals surface area contributed by atoms with Crippen LogP contribution < -0.4 is 0 Å². The van der Waals surface area contributed by atoms with Crippen LogP contribution in [0.5, 0.6) is 0 Å². The smallest absolute Gasteiger partial charge is 0.318 e. The number of nitrogens with zero attached hydrogens (tertiary/aromatic N) is 1. The average Bonchev–Trinajstić information content (AvgIpc) is 2.58. The van der Waals surface area contributed by atoms with E-state index in [0.717, 1.165) is 31.5 Å². The van der Waals surface area contributed by atoms with E-state index in [1.807, 2.05) is 30.3 Å². The highest BCUT2D eigenvalue weighted by molar-refractivity contribution is 5.83. The Morgan fingerprint density at radius 3 is 2.50 bits per heavy atom. The molecule has 0 spiro atoms. The summed E-state index contributed by atoms with van der Waals surface area (Å²) in [5, 5.41) is 9.83. The van der Waals surface area contributed by atoms with Crippen molar-refractivity contribution in [2.24, 2.45) is 5.92 Å². The second kappa shape index (κ2) is 6.01. The summed E-state index contributed by atoms with van der Waals surface area (Å²) in [4.78, 5) is 15.2. The number of aliphatic hydroxyl groups excluding tert-OH is 1. The molecule has 22 heavy (non-hydrogen) atoms. The maximum atomic E-state index is 12.8. The summed E-state index contributed by atoms with van der Waals surface area (Å²) in [5.41, 5.74) is -0.191. The molecular weight excluding hydrogens is 278 g/mol. The summed E-state index contributed by atoms with van der Waals surface area (Å²) in [7, 11) is 0. The lowest BCUT2D eigenvalue weighted by Crippen LogP contribution is -2.58. The molecule has 120 valence electrons. The van der Waals surface area contributed by atoms with E-state index in [1.54, 1.807) is 6.92 Å². The number of hydrogen-bond acceptors (Lipinski definition) is 4. The number of hydrogen-bond donors (Lipinski definition) is 1. The van der Waals surface area contributed by atoms with E-state index in [9.17, 15) is 9.90 Å². The zero-order valence-electron chi connectivity index (χ0n) is 13.4. The molecule has 3 aliphatic heterocycles. The number of rotatable bonds is 4. The predicted molar refractivity (Wildman–Crippen MR) is 84.5 cm³/mol. The lowest BCUT2D eigenvalue weighted by Gasteiger charge is -2.49. The van der Waals surface area contributed by atoms with Crippen molar-refractivity contribution in [2.75, 3.05) is 19.7 Å². The molecule has 3 saturated heterocycles. The first-order valence-electron chi connectivity index (χ1n) is 8.18. The highest BCUT2D eigenvalue weighted by Gasteiger charge is 2.45. The number of benzene rings is 1. The van der Waals surface area contributed by atoms with Crippen LogP contribution in [0.25, 0.3) is 0 Å². The number of aliphatic hydroxyl groups is 1. The minimum absolute atomic E-state index is 0.0513. The molecule has 4 heteroatoms. The van der Waals surface area contributed by atoms with Crippen molar-refractivity contribution in [3.05, 3.63) is 35.9 Å². The van der Waals surface area contributed by atoms with Crippen molar-refractivity contribution in [1.82, 2.24) is 4.90 Å². The molecule has 0 aliphatic carbocycles. The van der Waals surface area contributed by atoms with Crippen LogP contribution in [0.3, 0.4) is 0 Å². The Kier molecular flexibility index (Phi) is 4.24. The van der Waals surface area contributed by atoms with Crippen LogP contribution in [-0.2, 0) is 14.9 Å². The van der Waals surface area contributed by atoms with Crippen LogP contribution in [0.1, 0.15) is 32.3 Å². The summed E-state index contributed by atoms with van der Waals surface area (Å²) in [6.45, 7) is 5.87. The van der Waals surface area contributed by atoms with Gasteiger partial charge in [0.2, 0.25) is 0 Å². The van der Waals surface area contributed by atoms with E-state index in [1.165, 1.54) is 0 Å². The molecule has 3 aliphatic rings. The van der Waals surface area contributed by atoms with Crippen molar-refractivity contribution in [2.45, 2.75) is 44.2 Å².